The van der Waals surface area contributed by atoms with Crippen molar-refractivity contribution >= 4 is 38.5 Å². The third-order valence-electron chi connectivity index (χ3n) is 4.81. The first-order valence-corrected chi connectivity index (χ1v) is 9.84. The summed E-state index contributed by atoms with van der Waals surface area (Å²) >= 11 is 1.54. The second-order valence-electron chi connectivity index (χ2n) is 6.69. The molecule has 1 aliphatic heterocycles. The van der Waals surface area contributed by atoms with E-state index in [0.29, 0.717) is 18.2 Å². The molecule has 6 heteroatoms. The molecule has 0 spiro atoms. The van der Waals surface area contributed by atoms with Crippen molar-refractivity contribution in [1.29, 1.82) is 0 Å². The molecule has 134 valence electrons. The van der Waals surface area contributed by atoms with E-state index in [1.165, 1.54) is 29.7 Å². The van der Waals surface area contributed by atoms with Gasteiger partial charge in [0.2, 0.25) is 11.8 Å². The van der Waals surface area contributed by atoms with Crippen molar-refractivity contribution in [2.24, 2.45) is 5.92 Å². The lowest BCUT2D eigenvalue weighted by molar-refractivity contribution is -0.132. The molecule has 25 heavy (non-hydrogen) atoms. The minimum absolute atomic E-state index is 0.0217. The van der Waals surface area contributed by atoms with Gasteiger partial charge in [0.05, 0.1) is 10.2 Å². The van der Waals surface area contributed by atoms with Gasteiger partial charge in [-0.25, -0.2) is 4.98 Å². The number of anilines is 1. The number of carbonyl (C=O) groups is 2. The van der Waals surface area contributed by atoms with Gasteiger partial charge in [0.25, 0.3) is 0 Å². The number of carbonyl (C=O) groups excluding carboxylic acids is 2. The van der Waals surface area contributed by atoms with Crippen LogP contribution in [0.5, 0.6) is 0 Å². The summed E-state index contributed by atoms with van der Waals surface area (Å²) in [7, 11) is 0. The largest absolute Gasteiger partial charge is 0.343 e. The Morgan fingerprint density at radius 3 is 2.76 bits per heavy atom. The molecule has 0 radical (unpaired) electrons. The molecule has 0 unspecified atom stereocenters. The van der Waals surface area contributed by atoms with Crippen LogP contribution in [0.2, 0.25) is 0 Å². The average molecular weight is 359 g/mol. The van der Waals surface area contributed by atoms with Crippen molar-refractivity contribution in [1.82, 2.24) is 9.88 Å². The SMILES string of the molecule is CCCCc1ccc2nc(NC(=O)C3CCN(C(C)=O)CC3)sc2c1. The highest BCUT2D eigenvalue weighted by atomic mass is 32.1. The monoisotopic (exact) mass is 359 g/mol. The predicted molar refractivity (Wildman–Crippen MR) is 102 cm³/mol. The first-order valence-electron chi connectivity index (χ1n) is 9.02. The van der Waals surface area contributed by atoms with Crippen LogP contribution >= 0.6 is 11.3 Å². The van der Waals surface area contributed by atoms with Crippen molar-refractivity contribution in [2.75, 3.05) is 18.4 Å². The normalized spacial score (nSPS) is 15.5. The van der Waals surface area contributed by atoms with E-state index >= 15 is 0 Å². The quantitative estimate of drug-likeness (QED) is 0.882. The number of likely N-dealkylation sites (tertiary alicyclic amines) is 1. The molecule has 1 aromatic carbocycles. The fourth-order valence-electron chi connectivity index (χ4n) is 3.22. The van der Waals surface area contributed by atoms with Crippen LogP contribution in [0.4, 0.5) is 5.13 Å². The topological polar surface area (TPSA) is 62.3 Å². The molecule has 0 saturated carbocycles. The Labute approximate surface area is 152 Å². The smallest absolute Gasteiger partial charge is 0.229 e. The first kappa shape index (κ1) is 17.9. The van der Waals surface area contributed by atoms with Gasteiger partial charge in [-0.15, -0.1) is 0 Å². The number of rotatable bonds is 5. The van der Waals surface area contributed by atoms with Crippen molar-refractivity contribution in [3.63, 3.8) is 0 Å². The highest BCUT2D eigenvalue weighted by Crippen LogP contribution is 2.28. The van der Waals surface area contributed by atoms with E-state index in [0.717, 1.165) is 29.5 Å². The molecule has 1 aliphatic rings. The van der Waals surface area contributed by atoms with Gasteiger partial charge in [0, 0.05) is 25.9 Å². The molecular weight excluding hydrogens is 334 g/mol. The highest BCUT2D eigenvalue weighted by Gasteiger charge is 2.26. The minimum atomic E-state index is -0.0391. The third kappa shape index (κ3) is 4.37. The van der Waals surface area contributed by atoms with Crippen LogP contribution in [0.25, 0.3) is 10.2 Å². The van der Waals surface area contributed by atoms with Gasteiger partial charge in [-0.1, -0.05) is 30.7 Å². The second-order valence-corrected chi connectivity index (χ2v) is 7.72. The van der Waals surface area contributed by atoms with Gasteiger partial charge in [0.1, 0.15) is 0 Å². The molecule has 1 aromatic heterocycles. The molecule has 2 amide bonds. The van der Waals surface area contributed by atoms with Gasteiger partial charge in [-0.3, -0.25) is 9.59 Å². The molecular formula is C19H25N3O2S. The standard InChI is InChI=1S/C19H25N3O2S/c1-3-4-5-14-6-7-16-17(12-14)25-19(20-16)21-18(24)15-8-10-22(11-9-15)13(2)23/h6-7,12,15H,3-5,8-11H2,1-2H3,(H,20,21,24). The van der Waals surface area contributed by atoms with Crippen LogP contribution in [0.1, 0.15) is 45.1 Å². The van der Waals surface area contributed by atoms with Crippen LogP contribution in [0.15, 0.2) is 18.2 Å². The predicted octanol–water partition coefficient (Wildman–Crippen LogP) is 3.84. The van der Waals surface area contributed by atoms with Crippen LogP contribution in [0.3, 0.4) is 0 Å². The number of thiazole rings is 1. The first-order chi connectivity index (χ1) is 12.1. The Morgan fingerprint density at radius 1 is 1.32 bits per heavy atom. The zero-order valence-corrected chi connectivity index (χ0v) is 15.7. The Balaban J connectivity index is 1.62. The lowest BCUT2D eigenvalue weighted by atomic mass is 9.96. The summed E-state index contributed by atoms with van der Waals surface area (Å²) in [6.45, 7) is 5.10. The zero-order chi connectivity index (χ0) is 17.8. The summed E-state index contributed by atoms with van der Waals surface area (Å²) in [6.07, 6.45) is 4.90. The van der Waals surface area contributed by atoms with E-state index in [-0.39, 0.29) is 17.7 Å². The van der Waals surface area contributed by atoms with Gasteiger partial charge in [-0.05, 0) is 43.4 Å². The Bertz CT molecular complexity index is 763. The Kier molecular flexibility index (Phi) is 5.68. The van der Waals surface area contributed by atoms with Crippen LogP contribution in [-0.4, -0.2) is 34.8 Å². The molecule has 3 rings (SSSR count). The van der Waals surface area contributed by atoms with E-state index in [2.05, 4.69) is 29.4 Å². The van der Waals surface area contributed by atoms with Crippen molar-refractivity contribution < 1.29 is 9.59 Å². The summed E-state index contributed by atoms with van der Waals surface area (Å²) in [6, 6.07) is 6.35. The molecule has 2 heterocycles. The number of benzene rings is 1. The average Bonchev–Trinajstić information content (AvgIpc) is 3.01. The van der Waals surface area contributed by atoms with Gasteiger partial charge < -0.3 is 10.2 Å². The molecule has 0 aliphatic carbocycles. The summed E-state index contributed by atoms with van der Waals surface area (Å²) in [5.74, 6) is 0.0695. The van der Waals surface area contributed by atoms with Crippen LogP contribution < -0.4 is 5.32 Å². The Morgan fingerprint density at radius 2 is 2.08 bits per heavy atom. The number of aromatic nitrogens is 1. The van der Waals surface area contributed by atoms with E-state index in [1.807, 2.05) is 6.07 Å². The summed E-state index contributed by atoms with van der Waals surface area (Å²) < 4.78 is 1.12. The number of nitrogens with zero attached hydrogens (tertiary/aromatic N) is 2. The molecule has 0 bridgehead atoms. The number of hydrogen-bond donors (Lipinski definition) is 1. The summed E-state index contributed by atoms with van der Waals surface area (Å²) in [5.41, 5.74) is 2.26. The number of piperidine rings is 1. The zero-order valence-electron chi connectivity index (χ0n) is 14.9. The Hall–Kier alpha value is -1.95. The number of fused-ring (bicyclic) bond motifs is 1. The van der Waals surface area contributed by atoms with Crippen LogP contribution in [0, 0.1) is 5.92 Å². The highest BCUT2D eigenvalue weighted by molar-refractivity contribution is 7.22. The minimum Gasteiger partial charge on any atom is -0.343 e. The fourth-order valence-corrected chi connectivity index (χ4v) is 4.16. The fraction of sp³-hybridized carbons (Fsp3) is 0.526. The number of hydrogen-bond acceptors (Lipinski definition) is 4. The van der Waals surface area contributed by atoms with E-state index < -0.39 is 0 Å². The summed E-state index contributed by atoms with van der Waals surface area (Å²) in [4.78, 5) is 30.2. The molecule has 1 saturated heterocycles. The number of aryl methyl sites for hydroxylation is 1. The number of unbranched alkanes of at least 4 members (excludes halogenated alkanes) is 1. The summed E-state index contributed by atoms with van der Waals surface area (Å²) in [5, 5.41) is 3.64. The maximum atomic E-state index is 12.5. The van der Waals surface area contributed by atoms with Gasteiger partial charge in [0.15, 0.2) is 5.13 Å². The molecule has 1 fully saturated rings. The maximum Gasteiger partial charge on any atom is 0.229 e. The van der Waals surface area contributed by atoms with E-state index in [4.69, 9.17) is 0 Å². The third-order valence-corrected chi connectivity index (χ3v) is 5.75. The molecule has 1 N–H and O–H groups in total. The molecule has 2 aromatic rings. The van der Waals surface area contributed by atoms with E-state index in [9.17, 15) is 9.59 Å². The van der Waals surface area contributed by atoms with Crippen LogP contribution in [-0.2, 0) is 16.0 Å². The number of nitrogens with one attached hydrogen (secondary N) is 1. The van der Waals surface area contributed by atoms with Gasteiger partial charge in [-0.2, -0.15) is 0 Å². The molecule has 5 nitrogen and oxygen atoms in total. The van der Waals surface area contributed by atoms with E-state index in [1.54, 1.807) is 11.8 Å². The van der Waals surface area contributed by atoms with Gasteiger partial charge >= 0.3 is 0 Å². The van der Waals surface area contributed by atoms with Crippen molar-refractivity contribution in [3.8, 4) is 0 Å². The second kappa shape index (κ2) is 7.95. The molecule has 0 atom stereocenters. The van der Waals surface area contributed by atoms with Crippen molar-refractivity contribution in [3.05, 3.63) is 23.8 Å². The lowest BCUT2D eigenvalue weighted by Crippen LogP contribution is -2.40. The van der Waals surface area contributed by atoms with Crippen molar-refractivity contribution in [2.45, 2.75) is 46.0 Å². The maximum absolute atomic E-state index is 12.5. The number of amides is 2. The lowest BCUT2D eigenvalue weighted by Gasteiger charge is -2.30.